The summed E-state index contributed by atoms with van der Waals surface area (Å²) in [4.78, 5) is 0. The van der Waals surface area contributed by atoms with Gasteiger partial charge in [0.2, 0.25) is 0 Å². The van der Waals surface area contributed by atoms with E-state index in [9.17, 15) is 0 Å². The standard InChI is InChI=1S/C15H14N2S2/c1-11(15(18-2)19-3)14(13(9-16)10-17)12-7-5-4-6-8-12/h4-8H,1-3H3. The van der Waals surface area contributed by atoms with Crippen molar-refractivity contribution in [3.8, 4) is 12.1 Å². The molecule has 0 aliphatic rings. The van der Waals surface area contributed by atoms with Gasteiger partial charge in [0.05, 0.1) is 0 Å². The first-order valence-corrected chi connectivity index (χ1v) is 8.03. The average Bonchev–Trinajstić information content (AvgIpc) is 2.46. The molecule has 0 saturated carbocycles. The molecule has 0 bridgehead atoms. The molecule has 0 saturated heterocycles. The average molecular weight is 286 g/mol. The fraction of sp³-hybridized carbons (Fsp3) is 0.200. The van der Waals surface area contributed by atoms with Crippen LogP contribution in [0.3, 0.4) is 0 Å². The van der Waals surface area contributed by atoms with Gasteiger partial charge in [0.1, 0.15) is 17.7 Å². The largest absolute Gasteiger partial charge is 0.192 e. The summed E-state index contributed by atoms with van der Waals surface area (Å²) in [6.45, 7) is 1.96. The van der Waals surface area contributed by atoms with Crippen LogP contribution in [0.1, 0.15) is 12.5 Å². The van der Waals surface area contributed by atoms with Crippen molar-refractivity contribution in [1.29, 1.82) is 10.5 Å². The predicted molar refractivity (Wildman–Crippen MR) is 84.3 cm³/mol. The topological polar surface area (TPSA) is 47.6 Å². The van der Waals surface area contributed by atoms with Crippen LogP contribution in [0.25, 0.3) is 5.57 Å². The summed E-state index contributed by atoms with van der Waals surface area (Å²) in [7, 11) is 0. The number of rotatable bonds is 4. The van der Waals surface area contributed by atoms with Crippen LogP contribution in [0.5, 0.6) is 0 Å². The summed E-state index contributed by atoms with van der Waals surface area (Å²) in [5.74, 6) is 0. The summed E-state index contributed by atoms with van der Waals surface area (Å²) in [6, 6.07) is 13.6. The fourth-order valence-corrected chi connectivity index (χ4v) is 3.26. The number of nitriles is 2. The van der Waals surface area contributed by atoms with Crippen molar-refractivity contribution < 1.29 is 0 Å². The maximum atomic E-state index is 9.17. The third kappa shape index (κ3) is 3.67. The molecule has 0 amide bonds. The lowest BCUT2D eigenvalue weighted by Crippen LogP contribution is -1.93. The van der Waals surface area contributed by atoms with Gasteiger partial charge in [-0.05, 0) is 30.6 Å². The van der Waals surface area contributed by atoms with Crippen LogP contribution in [0.4, 0.5) is 0 Å². The van der Waals surface area contributed by atoms with Crippen LogP contribution in [0, 0.1) is 22.7 Å². The molecule has 96 valence electrons. The number of benzene rings is 1. The van der Waals surface area contributed by atoms with Crippen LogP contribution in [-0.2, 0) is 0 Å². The maximum absolute atomic E-state index is 9.17. The Morgan fingerprint density at radius 2 is 1.53 bits per heavy atom. The van der Waals surface area contributed by atoms with E-state index in [1.807, 2.05) is 61.9 Å². The summed E-state index contributed by atoms with van der Waals surface area (Å²) < 4.78 is 1.11. The van der Waals surface area contributed by atoms with Gasteiger partial charge in [-0.25, -0.2) is 0 Å². The monoisotopic (exact) mass is 286 g/mol. The molecule has 1 aromatic carbocycles. The normalized spacial score (nSPS) is 9.11. The minimum atomic E-state index is 0.157. The molecule has 1 rings (SSSR count). The van der Waals surface area contributed by atoms with E-state index >= 15 is 0 Å². The lowest BCUT2D eigenvalue weighted by atomic mass is 9.95. The first-order valence-electron chi connectivity index (χ1n) is 5.58. The molecule has 0 fully saturated rings. The zero-order valence-corrected chi connectivity index (χ0v) is 12.7. The van der Waals surface area contributed by atoms with Crippen molar-refractivity contribution in [2.75, 3.05) is 12.5 Å². The molecule has 0 unspecified atom stereocenters. The van der Waals surface area contributed by atoms with Crippen LogP contribution < -0.4 is 0 Å². The third-order valence-corrected chi connectivity index (χ3v) is 4.94. The van der Waals surface area contributed by atoms with Crippen LogP contribution in [0.15, 0.2) is 45.7 Å². The summed E-state index contributed by atoms with van der Waals surface area (Å²) in [5, 5.41) is 18.3. The Balaban J connectivity index is 3.58. The van der Waals surface area contributed by atoms with E-state index in [2.05, 4.69) is 0 Å². The van der Waals surface area contributed by atoms with Gasteiger partial charge in [0, 0.05) is 9.81 Å². The molecule has 2 nitrogen and oxygen atoms in total. The highest BCUT2D eigenvalue weighted by Gasteiger charge is 2.14. The highest BCUT2D eigenvalue weighted by Crippen LogP contribution is 2.36. The molecule has 0 aliphatic heterocycles. The Morgan fingerprint density at radius 1 is 1.00 bits per heavy atom. The molecular formula is C15H14N2S2. The Bertz CT molecular complexity index is 565. The Labute approximate surface area is 122 Å². The molecule has 0 aromatic heterocycles. The van der Waals surface area contributed by atoms with E-state index in [-0.39, 0.29) is 5.57 Å². The highest BCUT2D eigenvalue weighted by atomic mass is 32.2. The smallest absolute Gasteiger partial charge is 0.137 e. The van der Waals surface area contributed by atoms with E-state index in [1.54, 1.807) is 23.5 Å². The molecule has 4 heteroatoms. The second-order valence-corrected chi connectivity index (χ2v) is 5.55. The van der Waals surface area contributed by atoms with E-state index in [0.29, 0.717) is 0 Å². The number of allylic oxidation sites excluding steroid dienone is 3. The second kappa shape index (κ2) is 7.74. The number of hydrogen-bond acceptors (Lipinski definition) is 4. The minimum absolute atomic E-state index is 0.157. The minimum Gasteiger partial charge on any atom is -0.192 e. The number of thioether (sulfide) groups is 2. The lowest BCUT2D eigenvalue weighted by Gasteiger charge is -2.12. The lowest BCUT2D eigenvalue weighted by molar-refractivity contribution is 1.43. The maximum Gasteiger partial charge on any atom is 0.137 e. The molecule has 0 aliphatic carbocycles. The van der Waals surface area contributed by atoms with Gasteiger partial charge in [0.15, 0.2) is 0 Å². The molecule has 0 heterocycles. The molecule has 0 spiro atoms. The fourth-order valence-electron chi connectivity index (χ4n) is 1.78. The summed E-state index contributed by atoms with van der Waals surface area (Å²) in [6.07, 6.45) is 3.99. The molecular weight excluding hydrogens is 272 g/mol. The van der Waals surface area contributed by atoms with Crippen LogP contribution in [-0.4, -0.2) is 12.5 Å². The van der Waals surface area contributed by atoms with Crippen molar-refractivity contribution in [3.63, 3.8) is 0 Å². The Morgan fingerprint density at radius 3 is 1.95 bits per heavy atom. The first-order chi connectivity index (χ1) is 9.19. The first kappa shape index (κ1) is 15.4. The Hall–Kier alpha value is -1.62. The molecule has 0 N–H and O–H groups in total. The van der Waals surface area contributed by atoms with Gasteiger partial charge in [-0.2, -0.15) is 10.5 Å². The molecule has 0 atom stereocenters. The van der Waals surface area contributed by atoms with E-state index in [1.165, 1.54) is 0 Å². The van der Waals surface area contributed by atoms with Gasteiger partial charge in [-0.1, -0.05) is 30.3 Å². The van der Waals surface area contributed by atoms with E-state index < -0.39 is 0 Å². The van der Waals surface area contributed by atoms with Crippen molar-refractivity contribution in [2.24, 2.45) is 0 Å². The summed E-state index contributed by atoms with van der Waals surface area (Å²) >= 11 is 3.26. The second-order valence-electron chi connectivity index (χ2n) is 3.66. The number of nitrogens with zero attached hydrogens (tertiary/aromatic N) is 2. The van der Waals surface area contributed by atoms with Crippen molar-refractivity contribution in [1.82, 2.24) is 0 Å². The highest BCUT2D eigenvalue weighted by molar-refractivity contribution is 8.21. The Kier molecular flexibility index (Phi) is 6.29. The van der Waals surface area contributed by atoms with E-state index in [0.717, 1.165) is 20.9 Å². The van der Waals surface area contributed by atoms with Crippen molar-refractivity contribution in [2.45, 2.75) is 6.92 Å². The van der Waals surface area contributed by atoms with Gasteiger partial charge >= 0.3 is 0 Å². The SMILES string of the molecule is CSC(SC)=C(C)C(=C(C#N)C#N)c1ccccc1. The van der Waals surface area contributed by atoms with Gasteiger partial charge in [0.25, 0.3) is 0 Å². The quantitative estimate of drug-likeness (QED) is 0.606. The van der Waals surface area contributed by atoms with E-state index in [4.69, 9.17) is 10.5 Å². The van der Waals surface area contributed by atoms with Crippen LogP contribution in [0.2, 0.25) is 0 Å². The third-order valence-electron chi connectivity index (χ3n) is 2.59. The van der Waals surface area contributed by atoms with Gasteiger partial charge < -0.3 is 0 Å². The van der Waals surface area contributed by atoms with Crippen molar-refractivity contribution in [3.05, 3.63) is 51.3 Å². The number of hydrogen-bond donors (Lipinski definition) is 0. The summed E-state index contributed by atoms with van der Waals surface area (Å²) in [5.41, 5.74) is 2.76. The molecule has 0 radical (unpaired) electrons. The van der Waals surface area contributed by atoms with Gasteiger partial charge in [-0.3, -0.25) is 0 Å². The molecule has 19 heavy (non-hydrogen) atoms. The van der Waals surface area contributed by atoms with Crippen molar-refractivity contribution >= 4 is 29.1 Å². The molecule has 1 aromatic rings. The predicted octanol–water partition coefficient (Wildman–Crippen LogP) is 4.44. The van der Waals surface area contributed by atoms with Gasteiger partial charge in [-0.15, -0.1) is 23.5 Å². The zero-order valence-electron chi connectivity index (χ0n) is 11.1. The van der Waals surface area contributed by atoms with Crippen LogP contribution >= 0.6 is 23.5 Å². The zero-order chi connectivity index (χ0) is 14.3.